The second-order valence-corrected chi connectivity index (χ2v) is 11.7. The highest BCUT2D eigenvalue weighted by atomic mass is 32.2. The molecule has 4 unspecified atom stereocenters. The Bertz CT molecular complexity index is 1740. The number of anilines is 1. The van der Waals surface area contributed by atoms with Crippen LogP contribution in [0.4, 0.5) is 10.5 Å². The molecule has 6 rings (SSSR count). The largest absolute Gasteiger partial charge is 0.508 e. The van der Waals surface area contributed by atoms with Crippen LogP contribution in [0.2, 0.25) is 0 Å². The summed E-state index contributed by atoms with van der Waals surface area (Å²) in [7, 11) is 0. The molecule has 46 heavy (non-hydrogen) atoms. The Labute approximate surface area is 270 Å². The van der Waals surface area contributed by atoms with Gasteiger partial charge in [-0.2, -0.15) is 4.68 Å². The van der Waals surface area contributed by atoms with E-state index >= 15 is 0 Å². The van der Waals surface area contributed by atoms with Gasteiger partial charge in [0.2, 0.25) is 5.16 Å². The number of hydrogen-bond donors (Lipinski definition) is 4. The number of phenolic OH excluding ortho intramolecular Hbond substituents is 1. The molecule has 0 aliphatic carbocycles. The molecule has 0 bridgehead atoms. The summed E-state index contributed by atoms with van der Waals surface area (Å²) in [5.74, 6) is 0.432. The maximum atomic E-state index is 12.2. The van der Waals surface area contributed by atoms with Gasteiger partial charge in [0.05, 0.1) is 24.5 Å². The Hall–Kier alpha value is -4.75. The van der Waals surface area contributed by atoms with Crippen molar-refractivity contribution in [1.82, 2.24) is 25.5 Å². The molecule has 1 fully saturated rings. The molecule has 2 amide bonds. The molecule has 1 saturated heterocycles. The molecule has 1 aliphatic heterocycles. The first kappa shape index (κ1) is 31.2. The van der Waals surface area contributed by atoms with Crippen LogP contribution in [0.15, 0.2) is 108 Å². The Morgan fingerprint density at radius 2 is 1.67 bits per heavy atom. The molecule has 0 spiro atoms. The highest BCUT2D eigenvalue weighted by Crippen LogP contribution is 2.48. The molecule has 11 nitrogen and oxygen atoms in total. The molecule has 12 heteroatoms. The lowest BCUT2D eigenvalue weighted by atomic mass is 9.84. The van der Waals surface area contributed by atoms with Gasteiger partial charge in [0.1, 0.15) is 5.75 Å². The maximum absolute atomic E-state index is 12.2. The van der Waals surface area contributed by atoms with Crippen LogP contribution < -0.4 is 10.6 Å². The number of urea groups is 1. The zero-order valence-electron chi connectivity index (χ0n) is 25.1. The fourth-order valence-electron chi connectivity index (χ4n) is 5.43. The van der Waals surface area contributed by atoms with Crippen molar-refractivity contribution in [3.8, 4) is 11.4 Å². The summed E-state index contributed by atoms with van der Waals surface area (Å²) in [6.07, 6.45) is -1.52. The Morgan fingerprint density at radius 3 is 2.41 bits per heavy atom. The number of thioether (sulfide) groups is 1. The first-order chi connectivity index (χ1) is 22.5. The highest BCUT2D eigenvalue weighted by Gasteiger charge is 2.42. The molecule has 4 atom stereocenters. The summed E-state index contributed by atoms with van der Waals surface area (Å²) in [5, 5.41) is 38.0. The minimum Gasteiger partial charge on any atom is -0.508 e. The van der Waals surface area contributed by atoms with Crippen molar-refractivity contribution in [2.75, 3.05) is 17.6 Å². The molecule has 1 aliphatic rings. The van der Waals surface area contributed by atoms with Crippen LogP contribution in [0, 0.1) is 0 Å². The first-order valence-electron chi connectivity index (χ1n) is 14.9. The third kappa shape index (κ3) is 7.21. The standard InChI is InChI=1S/C34H34N6O5S/c1-2-35-33(43)36-26-10-6-9-25(19-26)32-44-29(21-46-34-37-38-39-40(34)27-15-17-28(42)18-16-27)30(23-7-4-3-5-8-23)31(45-32)24-13-11-22(20-41)12-14-24/h3-19,29-32,41-42H,2,20-21H2,1H3,(H2,35,36,43). The van der Waals surface area contributed by atoms with E-state index in [-0.39, 0.29) is 30.4 Å². The SMILES string of the molecule is CCNC(=O)Nc1cccc(C2OC(CSc3nnnn3-c3ccc(O)cc3)C(c3ccccc3)C(c3ccc(CO)cc3)O2)c1. The van der Waals surface area contributed by atoms with Crippen molar-refractivity contribution in [3.63, 3.8) is 0 Å². The van der Waals surface area contributed by atoms with Crippen LogP contribution in [0.5, 0.6) is 5.75 Å². The number of aromatic hydroxyl groups is 1. The van der Waals surface area contributed by atoms with Crippen LogP contribution in [0.1, 0.15) is 47.5 Å². The number of carbonyl (C=O) groups is 1. The van der Waals surface area contributed by atoms with E-state index in [4.69, 9.17) is 9.47 Å². The number of nitrogens with one attached hydrogen (secondary N) is 2. The molecule has 0 radical (unpaired) electrons. The van der Waals surface area contributed by atoms with Gasteiger partial charge in [0, 0.05) is 29.5 Å². The number of nitrogens with zero attached hydrogens (tertiary/aromatic N) is 4. The molecule has 5 aromatic rings. The van der Waals surface area contributed by atoms with Crippen LogP contribution in [0.3, 0.4) is 0 Å². The normalized spacial score (nSPS) is 19.4. The molecule has 1 aromatic heterocycles. The van der Waals surface area contributed by atoms with Crippen LogP contribution >= 0.6 is 11.8 Å². The summed E-state index contributed by atoms with van der Waals surface area (Å²) >= 11 is 1.46. The van der Waals surface area contributed by atoms with Crippen molar-refractivity contribution >= 4 is 23.5 Å². The maximum Gasteiger partial charge on any atom is 0.319 e. The van der Waals surface area contributed by atoms with E-state index < -0.39 is 12.4 Å². The van der Waals surface area contributed by atoms with Crippen molar-refractivity contribution in [2.45, 2.75) is 43.1 Å². The topological polar surface area (TPSA) is 144 Å². The lowest BCUT2D eigenvalue weighted by molar-refractivity contribution is -0.255. The van der Waals surface area contributed by atoms with Gasteiger partial charge in [-0.15, -0.1) is 5.10 Å². The molecular formula is C34H34N6O5S. The van der Waals surface area contributed by atoms with E-state index in [1.54, 1.807) is 28.9 Å². The quantitative estimate of drug-likeness (QED) is 0.141. The summed E-state index contributed by atoms with van der Waals surface area (Å²) in [6.45, 7) is 2.31. The predicted molar refractivity (Wildman–Crippen MR) is 174 cm³/mol. The Kier molecular flexibility index (Phi) is 9.89. The number of phenols is 1. The molecule has 236 valence electrons. The van der Waals surface area contributed by atoms with Crippen molar-refractivity contribution in [1.29, 1.82) is 0 Å². The number of rotatable bonds is 10. The van der Waals surface area contributed by atoms with Crippen molar-refractivity contribution in [2.24, 2.45) is 0 Å². The number of ether oxygens (including phenoxy) is 2. The number of aliphatic hydroxyl groups excluding tert-OH is 1. The van der Waals surface area contributed by atoms with E-state index in [9.17, 15) is 15.0 Å². The molecule has 4 aromatic carbocycles. The van der Waals surface area contributed by atoms with Crippen LogP contribution in [-0.2, 0) is 16.1 Å². The van der Waals surface area contributed by atoms with Gasteiger partial charge in [0.25, 0.3) is 0 Å². The van der Waals surface area contributed by atoms with Crippen LogP contribution in [0.25, 0.3) is 5.69 Å². The monoisotopic (exact) mass is 638 g/mol. The first-order valence-corrected chi connectivity index (χ1v) is 15.9. The fraction of sp³-hybridized carbons (Fsp3) is 0.235. The predicted octanol–water partition coefficient (Wildman–Crippen LogP) is 5.73. The number of aromatic nitrogens is 4. The lowest BCUT2D eigenvalue weighted by Gasteiger charge is -2.43. The minimum atomic E-state index is -0.753. The van der Waals surface area contributed by atoms with Crippen molar-refractivity contribution < 1.29 is 24.5 Å². The van der Waals surface area contributed by atoms with Gasteiger partial charge in [0.15, 0.2) is 6.29 Å². The van der Waals surface area contributed by atoms with Gasteiger partial charge in [-0.3, -0.25) is 0 Å². The Balaban J connectivity index is 1.35. The second-order valence-electron chi connectivity index (χ2n) is 10.7. The van der Waals surface area contributed by atoms with Gasteiger partial charge in [-0.05, 0) is 70.4 Å². The van der Waals surface area contributed by atoms with Gasteiger partial charge in [-0.25, -0.2) is 4.79 Å². The third-order valence-electron chi connectivity index (χ3n) is 7.64. The summed E-state index contributed by atoms with van der Waals surface area (Å²) < 4.78 is 15.2. The molecule has 4 N–H and O–H groups in total. The number of aliphatic hydroxyl groups is 1. The third-order valence-corrected chi connectivity index (χ3v) is 8.64. The number of amides is 2. The Morgan fingerprint density at radius 1 is 0.913 bits per heavy atom. The van der Waals surface area contributed by atoms with E-state index in [1.807, 2.05) is 73.7 Å². The molecule has 2 heterocycles. The van der Waals surface area contributed by atoms with E-state index in [1.165, 1.54) is 11.8 Å². The van der Waals surface area contributed by atoms with Gasteiger partial charge < -0.3 is 30.3 Å². The van der Waals surface area contributed by atoms with E-state index in [0.717, 1.165) is 22.3 Å². The average Bonchev–Trinajstić information content (AvgIpc) is 3.56. The number of benzene rings is 4. The number of tetrazole rings is 1. The summed E-state index contributed by atoms with van der Waals surface area (Å²) in [6, 6.07) is 31.7. The average molecular weight is 639 g/mol. The number of hydrogen-bond acceptors (Lipinski definition) is 9. The van der Waals surface area contributed by atoms with Crippen molar-refractivity contribution in [3.05, 3.63) is 125 Å². The second kappa shape index (κ2) is 14.6. The number of carbonyl (C=O) groups excluding carboxylic acids is 1. The smallest absolute Gasteiger partial charge is 0.319 e. The summed E-state index contributed by atoms with van der Waals surface area (Å²) in [4.78, 5) is 12.2. The fourth-order valence-corrected chi connectivity index (χ4v) is 6.39. The highest BCUT2D eigenvalue weighted by molar-refractivity contribution is 7.99. The summed E-state index contributed by atoms with van der Waals surface area (Å²) in [5.41, 5.74) is 4.88. The minimum absolute atomic E-state index is 0.0555. The van der Waals surface area contributed by atoms with E-state index in [2.05, 4.69) is 38.3 Å². The lowest BCUT2D eigenvalue weighted by Crippen LogP contribution is -2.38. The molecule has 0 saturated carbocycles. The van der Waals surface area contributed by atoms with Gasteiger partial charge >= 0.3 is 6.03 Å². The zero-order chi connectivity index (χ0) is 31.9. The zero-order valence-corrected chi connectivity index (χ0v) is 25.9. The van der Waals surface area contributed by atoms with Crippen LogP contribution in [-0.4, -0.2) is 54.9 Å². The van der Waals surface area contributed by atoms with Gasteiger partial charge in [-0.1, -0.05) is 78.5 Å². The van der Waals surface area contributed by atoms with E-state index in [0.29, 0.717) is 28.8 Å². The molecular weight excluding hydrogens is 604 g/mol.